The van der Waals surface area contributed by atoms with Crippen molar-refractivity contribution in [2.45, 2.75) is 57.5 Å². The molecule has 0 aromatic heterocycles. The van der Waals surface area contributed by atoms with Crippen LogP contribution in [-0.4, -0.2) is 25.2 Å². The highest BCUT2D eigenvalue weighted by atomic mass is 15.0. The van der Waals surface area contributed by atoms with E-state index in [9.17, 15) is 0 Å². The summed E-state index contributed by atoms with van der Waals surface area (Å²) in [6.45, 7) is 5.68. The van der Waals surface area contributed by atoms with Gasteiger partial charge in [-0.2, -0.15) is 0 Å². The van der Waals surface area contributed by atoms with Crippen molar-refractivity contribution in [3.8, 4) is 0 Å². The molecule has 0 spiro atoms. The maximum absolute atomic E-state index is 3.89. The lowest BCUT2D eigenvalue weighted by molar-refractivity contribution is -0.0152. The summed E-state index contributed by atoms with van der Waals surface area (Å²) in [6.07, 6.45) is 7.63. The number of likely N-dealkylation sites (N-methyl/N-ethyl adjacent to an activating group) is 1. The van der Waals surface area contributed by atoms with Gasteiger partial charge in [0.05, 0.1) is 0 Å². The molecule has 4 fully saturated rings. The molecular weight excluding hydrogens is 208 g/mol. The SMILES string of the molecule is CNC(C)(C)CNC1C2CC3CC(C2)CC1C3. The number of rotatable bonds is 4. The summed E-state index contributed by atoms with van der Waals surface area (Å²) in [5.74, 6) is 4.18. The van der Waals surface area contributed by atoms with Gasteiger partial charge in [-0.05, 0) is 76.7 Å². The first-order valence-electron chi connectivity index (χ1n) is 7.49. The summed E-state index contributed by atoms with van der Waals surface area (Å²) >= 11 is 0. The fourth-order valence-corrected chi connectivity index (χ4v) is 4.72. The summed E-state index contributed by atoms with van der Waals surface area (Å²) in [4.78, 5) is 0. The van der Waals surface area contributed by atoms with Crippen molar-refractivity contribution in [3.05, 3.63) is 0 Å². The third-order valence-electron chi connectivity index (χ3n) is 5.68. The van der Waals surface area contributed by atoms with E-state index in [2.05, 4.69) is 31.5 Å². The van der Waals surface area contributed by atoms with Crippen LogP contribution in [0.4, 0.5) is 0 Å². The van der Waals surface area contributed by atoms with E-state index in [0.717, 1.165) is 36.3 Å². The molecule has 2 nitrogen and oxygen atoms in total. The van der Waals surface area contributed by atoms with Gasteiger partial charge in [0.1, 0.15) is 0 Å². The van der Waals surface area contributed by atoms with E-state index in [0.29, 0.717) is 0 Å². The Morgan fingerprint density at radius 1 is 0.941 bits per heavy atom. The predicted octanol–water partition coefficient (Wildman–Crippen LogP) is 2.40. The lowest BCUT2D eigenvalue weighted by Crippen LogP contribution is -2.58. The fourth-order valence-electron chi connectivity index (χ4n) is 4.72. The molecule has 0 aliphatic heterocycles. The Balaban J connectivity index is 1.61. The highest BCUT2D eigenvalue weighted by Crippen LogP contribution is 2.53. The van der Waals surface area contributed by atoms with Gasteiger partial charge in [-0.15, -0.1) is 0 Å². The topological polar surface area (TPSA) is 24.1 Å². The first-order valence-corrected chi connectivity index (χ1v) is 7.49. The first-order chi connectivity index (χ1) is 8.07. The molecule has 0 atom stereocenters. The van der Waals surface area contributed by atoms with Crippen LogP contribution >= 0.6 is 0 Å². The van der Waals surface area contributed by atoms with Gasteiger partial charge < -0.3 is 10.6 Å². The van der Waals surface area contributed by atoms with E-state index in [1.165, 1.54) is 25.7 Å². The van der Waals surface area contributed by atoms with Gasteiger partial charge in [0, 0.05) is 18.1 Å². The van der Waals surface area contributed by atoms with Crippen LogP contribution in [0.15, 0.2) is 0 Å². The average molecular weight is 236 g/mol. The molecule has 4 aliphatic rings. The zero-order valence-corrected chi connectivity index (χ0v) is 11.6. The minimum absolute atomic E-state index is 0.231. The van der Waals surface area contributed by atoms with Gasteiger partial charge >= 0.3 is 0 Å². The largest absolute Gasteiger partial charge is 0.314 e. The lowest BCUT2D eigenvalue weighted by atomic mass is 9.54. The van der Waals surface area contributed by atoms with E-state index < -0.39 is 0 Å². The molecule has 0 saturated heterocycles. The Hall–Kier alpha value is -0.0800. The van der Waals surface area contributed by atoms with E-state index in [-0.39, 0.29) is 5.54 Å². The summed E-state index contributed by atoms with van der Waals surface area (Å²) in [5, 5.41) is 7.30. The number of hydrogen-bond donors (Lipinski definition) is 2. The summed E-state index contributed by atoms with van der Waals surface area (Å²) < 4.78 is 0. The van der Waals surface area contributed by atoms with Gasteiger partial charge in [-0.25, -0.2) is 0 Å². The molecule has 0 amide bonds. The van der Waals surface area contributed by atoms with Crippen LogP contribution in [0.2, 0.25) is 0 Å². The van der Waals surface area contributed by atoms with E-state index in [1.807, 2.05) is 0 Å². The highest BCUT2D eigenvalue weighted by molar-refractivity contribution is 5.02. The third-order valence-corrected chi connectivity index (χ3v) is 5.68. The van der Waals surface area contributed by atoms with Crippen LogP contribution in [0.3, 0.4) is 0 Å². The number of nitrogens with one attached hydrogen (secondary N) is 2. The Kier molecular flexibility index (Phi) is 2.99. The molecule has 98 valence electrons. The normalized spacial score (nSPS) is 44.3. The van der Waals surface area contributed by atoms with Crippen LogP contribution in [0.1, 0.15) is 46.0 Å². The van der Waals surface area contributed by atoms with Crippen molar-refractivity contribution in [2.75, 3.05) is 13.6 Å². The fraction of sp³-hybridized carbons (Fsp3) is 1.00. The standard InChI is InChI=1S/C15H28N2/c1-15(2,16-3)9-17-14-12-5-10-4-11(7-12)8-13(14)6-10/h10-14,16-17H,4-9H2,1-3H3. The smallest absolute Gasteiger partial charge is 0.0246 e. The van der Waals surface area contributed by atoms with Crippen LogP contribution in [0, 0.1) is 23.7 Å². The summed E-state index contributed by atoms with van der Waals surface area (Å²) in [5.41, 5.74) is 0.231. The van der Waals surface area contributed by atoms with Gasteiger partial charge in [-0.1, -0.05) is 0 Å². The van der Waals surface area contributed by atoms with Crippen molar-refractivity contribution in [1.29, 1.82) is 0 Å². The van der Waals surface area contributed by atoms with E-state index >= 15 is 0 Å². The van der Waals surface area contributed by atoms with Crippen LogP contribution in [-0.2, 0) is 0 Å². The molecule has 2 heteroatoms. The maximum Gasteiger partial charge on any atom is 0.0246 e. The second-order valence-corrected chi connectivity index (χ2v) is 7.47. The van der Waals surface area contributed by atoms with Crippen molar-refractivity contribution in [3.63, 3.8) is 0 Å². The van der Waals surface area contributed by atoms with Gasteiger partial charge in [0.25, 0.3) is 0 Å². The minimum atomic E-state index is 0.231. The molecule has 17 heavy (non-hydrogen) atoms. The highest BCUT2D eigenvalue weighted by Gasteiger charge is 2.48. The zero-order valence-electron chi connectivity index (χ0n) is 11.6. The second-order valence-electron chi connectivity index (χ2n) is 7.47. The predicted molar refractivity (Wildman–Crippen MR) is 72.0 cm³/mol. The van der Waals surface area contributed by atoms with Crippen LogP contribution < -0.4 is 10.6 Å². The minimum Gasteiger partial charge on any atom is -0.314 e. The molecule has 0 aromatic rings. The molecule has 2 N–H and O–H groups in total. The van der Waals surface area contributed by atoms with Crippen molar-refractivity contribution < 1.29 is 0 Å². The first kappa shape index (κ1) is 12.0. The Bertz CT molecular complexity index is 257. The third kappa shape index (κ3) is 2.26. The molecule has 0 unspecified atom stereocenters. The quantitative estimate of drug-likeness (QED) is 0.783. The molecule has 4 aliphatic carbocycles. The second kappa shape index (κ2) is 4.24. The average Bonchev–Trinajstić information content (AvgIpc) is 2.27. The number of hydrogen-bond acceptors (Lipinski definition) is 2. The van der Waals surface area contributed by atoms with Gasteiger partial charge in [0.2, 0.25) is 0 Å². The van der Waals surface area contributed by atoms with Gasteiger partial charge in [-0.3, -0.25) is 0 Å². The molecule has 4 bridgehead atoms. The summed E-state index contributed by atoms with van der Waals surface area (Å²) in [7, 11) is 2.07. The van der Waals surface area contributed by atoms with Crippen molar-refractivity contribution in [1.82, 2.24) is 10.6 Å². The van der Waals surface area contributed by atoms with Gasteiger partial charge in [0.15, 0.2) is 0 Å². The Labute approximate surface area is 106 Å². The zero-order chi connectivity index (χ0) is 12.0. The van der Waals surface area contributed by atoms with Crippen LogP contribution in [0.5, 0.6) is 0 Å². The van der Waals surface area contributed by atoms with E-state index in [4.69, 9.17) is 0 Å². The Morgan fingerprint density at radius 2 is 1.47 bits per heavy atom. The van der Waals surface area contributed by atoms with E-state index in [1.54, 1.807) is 6.42 Å². The molecule has 4 saturated carbocycles. The maximum atomic E-state index is 3.89. The van der Waals surface area contributed by atoms with Crippen molar-refractivity contribution >= 4 is 0 Å². The molecule has 0 aromatic carbocycles. The molecule has 0 heterocycles. The molecular formula is C15H28N2. The summed E-state index contributed by atoms with van der Waals surface area (Å²) in [6, 6.07) is 0.829. The lowest BCUT2D eigenvalue weighted by Gasteiger charge is -2.55. The van der Waals surface area contributed by atoms with Crippen molar-refractivity contribution in [2.24, 2.45) is 23.7 Å². The monoisotopic (exact) mass is 236 g/mol. The molecule has 0 radical (unpaired) electrons. The molecule has 4 rings (SSSR count). The Morgan fingerprint density at radius 3 is 1.94 bits per heavy atom. The van der Waals surface area contributed by atoms with Crippen LogP contribution in [0.25, 0.3) is 0 Å².